The lowest BCUT2D eigenvalue weighted by atomic mass is 9.71. The Balaban J connectivity index is 1.98. The van der Waals surface area contributed by atoms with Crippen LogP contribution < -0.4 is 0 Å². The number of rotatable bonds is 3. The van der Waals surface area contributed by atoms with Crippen LogP contribution in [0.15, 0.2) is 4.47 Å². The molecular weight excluding hydrogens is 304 g/mol. The first-order chi connectivity index (χ1) is 8.78. The van der Waals surface area contributed by atoms with Crippen molar-refractivity contribution in [3.63, 3.8) is 0 Å². The van der Waals surface area contributed by atoms with E-state index in [0.717, 1.165) is 28.2 Å². The zero-order valence-electron chi connectivity index (χ0n) is 12.7. The summed E-state index contributed by atoms with van der Waals surface area (Å²) in [6.07, 6.45) is 4.02. The van der Waals surface area contributed by atoms with Crippen molar-refractivity contribution in [2.75, 3.05) is 0 Å². The molecule has 0 saturated heterocycles. The topological polar surface area (TPSA) is 27.1 Å². The van der Waals surface area contributed by atoms with E-state index in [1.54, 1.807) is 0 Å². The molecule has 0 spiro atoms. The van der Waals surface area contributed by atoms with Gasteiger partial charge in [0.15, 0.2) is 0 Å². The molecule has 0 aliphatic heterocycles. The number of hydrogen-bond donors (Lipinski definition) is 0. The molecule has 2 atom stereocenters. The molecule has 3 nitrogen and oxygen atoms in total. The second kappa shape index (κ2) is 5.57. The highest BCUT2D eigenvalue weighted by Gasteiger charge is 2.32. The van der Waals surface area contributed by atoms with Crippen LogP contribution in [-0.2, 0) is 18.4 Å². The number of aryl methyl sites for hydroxylation is 2. The van der Waals surface area contributed by atoms with Gasteiger partial charge < -0.3 is 4.74 Å². The van der Waals surface area contributed by atoms with Crippen LogP contribution in [0.25, 0.3) is 0 Å². The lowest BCUT2D eigenvalue weighted by Crippen LogP contribution is -2.32. The van der Waals surface area contributed by atoms with E-state index in [9.17, 15) is 0 Å². The third-order valence-corrected chi connectivity index (χ3v) is 5.10. The third-order valence-electron chi connectivity index (χ3n) is 4.06. The van der Waals surface area contributed by atoms with Crippen molar-refractivity contribution in [3.05, 3.63) is 15.9 Å². The van der Waals surface area contributed by atoms with Crippen LogP contribution in [0.1, 0.15) is 51.4 Å². The van der Waals surface area contributed by atoms with Crippen LogP contribution in [0.3, 0.4) is 0 Å². The van der Waals surface area contributed by atoms with Crippen molar-refractivity contribution in [1.82, 2.24) is 9.78 Å². The van der Waals surface area contributed by atoms with Gasteiger partial charge in [0.25, 0.3) is 0 Å². The molecular formula is C15H25BrN2O. The summed E-state index contributed by atoms with van der Waals surface area (Å²) in [5.74, 6) is 0.755. The maximum atomic E-state index is 6.16. The molecule has 1 aliphatic rings. The molecule has 4 heteroatoms. The van der Waals surface area contributed by atoms with Gasteiger partial charge in [-0.3, -0.25) is 4.68 Å². The molecule has 0 bridgehead atoms. The van der Waals surface area contributed by atoms with E-state index >= 15 is 0 Å². The lowest BCUT2D eigenvalue weighted by molar-refractivity contribution is -0.0337. The Bertz CT molecular complexity index is 453. The van der Waals surface area contributed by atoms with Gasteiger partial charge in [-0.2, -0.15) is 5.10 Å². The van der Waals surface area contributed by atoms with E-state index in [1.807, 2.05) is 18.7 Å². The first-order valence-corrected chi connectivity index (χ1v) is 7.87. The summed E-state index contributed by atoms with van der Waals surface area (Å²) in [6, 6.07) is 0. The summed E-state index contributed by atoms with van der Waals surface area (Å²) < 4.78 is 9.15. The monoisotopic (exact) mass is 328 g/mol. The largest absolute Gasteiger partial charge is 0.372 e. The zero-order valence-corrected chi connectivity index (χ0v) is 14.2. The summed E-state index contributed by atoms with van der Waals surface area (Å²) in [7, 11) is 1.98. The molecule has 0 aromatic carbocycles. The van der Waals surface area contributed by atoms with Crippen LogP contribution in [0.5, 0.6) is 0 Å². The van der Waals surface area contributed by atoms with E-state index in [1.165, 1.54) is 12.8 Å². The van der Waals surface area contributed by atoms with Crippen molar-refractivity contribution in [2.45, 2.75) is 59.7 Å². The number of aromatic nitrogens is 2. The Labute approximate surface area is 124 Å². The number of hydrogen-bond acceptors (Lipinski definition) is 2. The van der Waals surface area contributed by atoms with Gasteiger partial charge in [0.2, 0.25) is 0 Å². The molecule has 1 heterocycles. The normalized spacial score (nSPS) is 26.6. The van der Waals surface area contributed by atoms with Crippen LogP contribution in [0, 0.1) is 18.3 Å². The molecule has 0 amide bonds. The summed E-state index contributed by atoms with van der Waals surface area (Å²) in [6.45, 7) is 9.69. The van der Waals surface area contributed by atoms with E-state index < -0.39 is 0 Å². The van der Waals surface area contributed by atoms with Crippen LogP contribution in [0.4, 0.5) is 0 Å². The van der Waals surface area contributed by atoms with E-state index in [0.29, 0.717) is 18.1 Å². The van der Waals surface area contributed by atoms with Gasteiger partial charge in [-0.05, 0) is 53.4 Å². The molecule has 0 radical (unpaired) electrons. The van der Waals surface area contributed by atoms with Gasteiger partial charge in [-0.25, -0.2) is 0 Å². The number of halogens is 1. The quantitative estimate of drug-likeness (QED) is 0.830. The van der Waals surface area contributed by atoms with Crippen molar-refractivity contribution < 1.29 is 4.74 Å². The predicted molar refractivity (Wildman–Crippen MR) is 81.0 cm³/mol. The van der Waals surface area contributed by atoms with Gasteiger partial charge >= 0.3 is 0 Å². The number of nitrogens with zero attached hydrogens (tertiary/aromatic N) is 2. The van der Waals surface area contributed by atoms with Crippen molar-refractivity contribution in [3.8, 4) is 0 Å². The van der Waals surface area contributed by atoms with Gasteiger partial charge in [-0.1, -0.05) is 20.8 Å². The Morgan fingerprint density at radius 2 is 2.11 bits per heavy atom. The van der Waals surface area contributed by atoms with Crippen LogP contribution >= 0.6 is 15.9 Å². The lowest BCUT2D eigenvalue weighted by Gasteiger charge is -2.38. The Morgan fingerprint density at radius 1 is 1.42 bits per heavy atom. The Kier molecular flexibility index (Phi) is 4.41. The second-order valence-corrected chi connectivity index (χ2v) is 7.61. The smallest absolute Gasteiger partial charge is 0.0900 e. The fraction of sp³-hybridized carbons (Fsp3) is 0.800. The highest BCUT2D eigenvalue weighted by Crippen LogP contribution is 2.40. The zero-order chi connectivity index (χ0) is 14.2. The molecule has 2 rings (SSSR count). The summed E-state index contributed by atoms with van der Waals surface area (Å²) in [5.41, 5.74) is 2.56. The van der Waals surface area contributed by atoms with E-state index in [-0.39, 0.29) is 0 Å². The molecule has 108 valence electrons. The minimum Gasteiger partial charge on any atom is -0.372 e. The van der Waals surface area contributed by atoms with Gasteiger partial charge in [0.1, 0.15) is 0 Å². The summed E-state index contributed by atoms with van der Waals surface area (Å²) in [5, 5.41) is 4.41. The van der Waals surface area contributed by atoms with Crippen molar-refractivity contribution in [2.24, 2.45) is 18.4 Å². The first-order valence-electron chi connectivity index (χ1n) is 7.08. The minimum absolute atomic E-state index is 0.376. The van der Waals surface area contributed by atoms with Gasteiger partial charge in [0, 0.05) is 7.05 Å². The molecule has 1 aromatic rings. The van der Waals surface area contributed by atoms with E-state index in [2.05, 4.69) is 41.8 Å². The fourth-order valence-electron chi connectivity index (χ4n) is 3.42. The van der Waals surface area contributed by atoms with Gasteiger partial charge in [-0.15, -0.1) is 0 Å². The standard InChI is InChI=1S/C15H25BrN2O/c1-10-6-12(8-15(3,4)7-10)19-9-13-14(16)11(2)17-18(13)5/h10,12H,6-9H2,1-5H3. The van der Waals surface area contributed by atoms with E-state index in [4.69, 9.17) is 4.74 Å². The molecule has 0 N–H and O–H groups in total. The first kappa shape index (κ1) is 15.0. The van der Waals surface area contributed by atoms with Crippen LogP contribution in [0.2, 0.25) is 0 Å². The van der Waals surface area contributed by atoms with Crippen molar-refractivity contribution in [1.29, 1.82) is 0 Å². The third kappa shape index (κ3) is 3.60. The average molecular weight is 329 g/mol. The SMILES string of the molecule is Cc1nn(C)c(COC2CC(C)CC(C)(C)C2)c1Br. The fourth-order valence-corrected chi connectivity index (χ4v) is 3.87. The average Bonchev–Trinajstić information content (AvgIpc) is 2.48. The molecule has 2 unspecified atom stereocenters. The predicted octanol–water partition coefficient (Wildman–Crippen LogP) is 4.22. The van der Waals surface area contributed by atoms with Gasteiger partial charge in [0.05, 0.1) is 28.6 Å². The Morgan fingerprint density at radius 3 is 2.63 bits per heavy atom. The van der Waals surface area contributed by atoms with Crippen molar-refractivity contribution >= 4 is 15.9 Å². The molecule has 1 aliphatic carbocycles. The maximum absolute atomic E-state index is 6.16. The maximum Gasteiger partial charge on any atom is 0.0900 e. The molecule has 19 heavy (non-hydrogen) atoms. The molecule has 1 fully saturated rings. The molecule has 1 saturated carbocycles. The minimum atomic E-state index is 0.376. The molecule has 1 aromatic heterocycles. The second-order valence-electron chi connectivity index (χ2n) is 6.82. The van der Waals surface area contributed by atoms with Crippen LogP contribution in [-0.4, -0.2) is 15.9 Å². The summed E-state index contributed by atoms with van der Waals surface area (Å²) >= 11 is 3.60. The Hall–Kier alpha value is -0.350. The highest BCUT2D eigenvalue weighted by molar-refractivity contribution is 9.10. The highest BCUT2D eigenvalue weighted by atomic mass is 79.9. The number of ether oxygens (including phenoxy) is 1. The summed E-state index contributed by atoms with van der Waals surface area (Å²) in [4.78, 5) is 0.